The maximum Gasteiger partial charge on any atom is 0.144 e. The van der Waals surface area contributed by atoms with Gasteiger partial charge in [0.15, 0.2) is 0 Å². The van der Waals surface area contributed by atoms with E-state index in [9.17, 15) is 4.79 Å². The van der Waals surface area contributed by atoms with Gasteiger partial charge in [-0.05, 0) is 23.3 Å². The first-order valence-electron chi connectivity index (χ1n) is 6.05. The Morgan fingerprint density at radius 1 is 1.06 bits per heavy atom. The Bertz CT molecular complexity index is 534. The quantitative estimate of drug-likeness (QED) is 0.792. The Balaban J connectivity index is 2.47. The van der Waals surface area contributed by atoms with E-state index in [2.05, 4.69) is 0 Å². The summed E-state index contributed by atoms with van der Waals surface area (Å²) >= 11 is 6.01. The predicted molar refractivity (Wildman–Crippen MR) is 75.0 cm³/mol. The minimum absolute atomic E-state index is 0.212. The highest BCUT2D eigenvalue weighted by Crippen LogP contribution is 2.28. The number of carbonyl (C=O) groups excluding carboxylic acids is 1. The Morgan fingerprint density at radius 2 is 1.72 bits per heavy atom. The molecule has 92 valence electrons. The lowest BCUT2D eigenvalue weighted by molar-refractivity contribution is -0.119. The van der Waals surface area contributed by atoms with Crippen LogP contribution in [0.1, 0.15) is 30.4 Å². The van der Waals surface area contributed by atoms with Crippen LogP contribution in [0.2, 0.25) is 5.02 Å². The van der Waals surface area contributed by atoms with Crippen LogP contribution in [0, 0.1) is 0 Å². The molecule has 1 nitrogen and oxygen atoms in total. The van der Waals surface area contributed by atoms with Crippen molar-refractivity contribution in [3.05, 3.63) is 70.7 Å². The topological polar surface area (TPSA) is 17.1 Å². The van der Waals surface area contributed by atoms with Crippen molar-refractivity contribution in [1.29, 1.82) is 0 Å². The smallest absolute Gasteiger partial charge is 0.144 e. The molecule has 2 heteroatoms. The number of hydrogen-bond donors (Lipinski definition) is 0. The number of ketones is 1. The summed E-state index contributed by atoms with van der Waals surface area (Å²) in [4.78, 5) is 12.2. The van der Waals surface area contributed by atoms with Gasteiger partial charge in [0.2, 0.25) is 0 Å². The molecule has 0 radical (unpaired) electrons. The lowest BCUT2D eigenvalue weighted by atomic mass is 9.87. The summed E-state index contributed by atoms with van der Waals surface area (Å²) in [6, 6.07) is 17.4. The Kier molecular flexibility index (Phi) is 4.16. The molecule has 0 N–H and O–H groups in total. The van der Waals surface area contributed by atoms with Gasteiger partial charge in [0.1, 0.15) is 5.78 Å². The maximum atomic E-state index is 12.2. The molecule has 0 aromatic heterocycles. The van der Waals surface area contributed by atoms with E-state index in [1.54, 1.807) is 0 Å². The number of hydrogen-bond acceptors (Lipinski definition) is 1. The van der Waals surface area contributed by atoms with Crippen molar-refractivity contribution < 1.29 is 4.79 Å². The number of halogens is 1. The Hall–Kier alpha value is -1.60. The first kappa shape index (κ1) is 12.8. The normalized spacial score (nSPS) is 12.1. The first-order valence-corrected chi connectivity index (χ1v) is 6.43. The second-order valence-electron chi connectivity index (χ2n) is 4.22. The van der Waals surface area contributed by atoms with Crippen LogP contribution in [0.4, 0.5) is 0 Å². The number of rotatable bonds is 4. The van der Waals surface area contributed by atoms with Crippen LogP contribution in [-0.4, -0.2) is 5.78 Å². The highest BCUT2D eigenvalue weighted by atomic mass is 35.5. The van der Waals surface area contributed by atoms with E-state index in [-0.39, 0.29) is 11.7 Å². The summed E-state index contributed by atoms with van der Waals surface area (Å²) in [5, 5.41) is 0.664. The van der Waals surface area contributed by atoms with Crippen LogP contribution < -0.4 is 0 Å². The molecule has 2 aromatic carbocycles. The van der Waals surface area contributed by atoms with Crippen LogP contribution in [0.15, 0.2) is 54.6 Å². The van der Waals surface area contributed by atoms with Crippen molar-refractivity contribution in [2.45, 2.75) is 19.3 Å². The average Bonchev–Trinajstić information content (AvgIpc) is 2.40. The van der Waals surface area contributed by atoms with Crippen molar-refractivity contribution in [2.24, 2.45) is 0 Å². The van der Waals surface area contributed by atoms with Gasteiger partial charge in [0.25, 0.3) is 0 Å². The summed E-state index contributed by atoms with van der Waals surface area (Å²) in [5.74, 6) is -0.00151. The zero-order chi connectivity index (χ0) is 13.0. The van der Waals surface area contributed by atoms with E-state index >= 15 is 0 Å². The van der Waals surface area contributed by atoms with E-state index in [1.165, 1.54) is 0 Å². The highest BCUT2D eigenvalue weighted by molar-refractivity contribution is 6.30. The molecule has 1 unspecified atom stereocenters. The number of Topliss-reactive ketones (excluding diaryl/α,β-unsaturated/α-hetero) is 1. The molecule has 0 heterocycles. The zero-order valence-corrected chi connectivity index (χ0v) is 11.0. The van der Waals surface area contributed by atoms with E-state index < -0.39 is 0 Å². The van der Waals surface area contributed by atoms with Gasteiger partial charge >= 0.3 is 0 Å². The van der Waals surface area contributed by atoms with Gasteiger partial charge in [-0.15, -0.1) is 0 Å². The third kappa shape index (κ3) is 2.80. The molecule has 18 heavy (non-hydrogen) atoms. The highest BCUT2D eigenvalue weighted by Gasteiger charge is 2.20. The van der Waals surface area contributed by atoms with Crippen molar-refractivity contribution in [3.63, 3.8) is 0 Å². The summed E-state index contributed by atoms with van der Waals surface area (Å²) in [6.07, 6.45) is 0.520. The van der Waals surface area contributed by atoms with E-state index in [0.717, 1.165) is 11.1 Å². The summed E-state index contributed by atoms with van der Waals surface area (Å²) in [7, 11) is 0. The molecule has 0 fully saturated rings. The van der Waals surface area contributed by atoms with Crippen molar-refractivity contribution in [2.75, 3.05) is 0 Å². The van der Waals surface area contributed by atoms with Gasteiger partial charge < -0.3 is 0 Å². The molecule has 0 saturated heterocycles. The fourth-order valence-electron chi connectivity index (χ4n) is 2.10. The van der Waals surface area contributed by atoms with E-state index in [4.69, 9.17) is 11.6 Å². The minimum atomic E-state index is -0.213. The second-order valence-corrected chi connectivity index (χ2v) is 4.66. The molecule has 1 atom stereocenters. The molecule has 2 rings (SSSR count). The fraction of sp³-hybridized carbons (Fsp3) is 0.188. The molecule has 0 aliphatic heterocycles. The molecule has 0 aliphatic rings. The van der Waals surface area contributed by atoms with Crippen LogP contribution in [0.3, 0.4) is 0 Å². The maximum absolute atomic E-state index is 12.2. The van der Waals surface area contributed by atoms with Gasteiger partial charge in [-0.1, -0.05) is 61.0 Å². The van der Waals surface area contributed by atoms with Gasteiger partial charge in [0, 0.05) is 11.4 Å². The molecule has 0 amide bonds. The molecule has 0 bridgehead atoms. The summed E-state index contributed by atoms with van der Waals surface area (Å²) in [6.45, 7) is 1.89. The summed E-state index contributed by atoms with van der Waals surface area (Å²) in [5.41, 5.74) is 1.98. The summed E-state index contributed by atoms with van der Waals surface area (Å²) < 4.78 is 0. The number of carbonyl (C=O) groups is 1. The van der Waals surface area contributed by atoms with Crippen molar-refractivity contribution in [1.82, 2.24) is 0 Å². The molecule has 0 saturated carbocycles. The molecule has 2 aromatic rings. The fourth-order valence-corrected chi connectivity index (χ4v) is 2.30. The first-order chi connectivity index (χ1) is 8.72. The third-order valence-electron chi connectivity index (χ3n) is 2.99. The number of benzene rings is 2. The molecular formula is C16H15ClO. The Morgan fingerprint density at radius 3 is 2.33 bits per heavy atom. The van der Waals surface area contributed by atoms with E-state index in [0.29, 0.717) is 11.4 Å². The lowest BCUT2D eigenvalue weighted by Crippen LogP contribution is -2.12. The van der Waals surface area contributed by atoms with Crippen molar-refractivity contribution in [3.8, 4) is 0 Å². The van der Waals surface area contributed by atoms with Gasteiger partial charge in [-0.25, -0.2) is 0 Å². The van der Waals surface area contributed by atoms with Gasteiger partial charge in [0.05, 0.1) is 5.92 Å². The molecule has 0 aliphatic carbocycles. The van der Waals surface area contributed by atoms with Gasteiger partial charge in [-0.2, -0.15) is 0 Å². The minimum Gasteiger partial charge on any atom is -0.299 e. The second kappa shape index (κ2) is 5.83. The standard InChI is InChI=1S/C16H15ClO/c1-2-15(18)16(12-7-4-3-5-8-12)13-9-6-10-14(17)11-13/h3-11,16H,2H2,1H3. The Labute approximate surface area is 112 Å². The third-order valence-corrected chi connectivity index (χ3v) is 3.22. The molecular weight excluding hydrogens is 244 g/mol. The van der Waals surface area contributed by atoms with Crippen LogP contribution >= 0.6 is 11.6 Å². The SMILES string of the molecule is CCC(=O)C(c1ccccc1)c1cccc(Cl)c1. The zero-order valence-electron chi connectivity index (χ0n) is 10.3. The van der Waals surface area contributed by atoms with Crippen LogP contribution in [0.25, 0.3) is 0 Å². The lowest BCUT2D eigenvalue weighted by Gasteiger charge is -2.16. The predicted octanol–water partition coefficient (Wildman–Crippen LogP) is 4.45. The molecule has 0 spiro atoms. The average molecular weight is 259 g/mol. The van der Waals surface area contributed by atoms with Crippen LogP contribution in [0.5, 0.6) is 0 Å². The van der Waals surface area contributed by atoms with Gasteiger partial charge in [-0.3, -0.25) is 4.79 Å². The van der Waals surface area contributed by atoms with Crippen molar-refractivity contribution >= 4 is 17.4 Å². The monoisotopic (exact) mass is 258 g/mol. The van der Waals surface area contributed by atoms with Crippen LogP contribution in [-0.2, 0) is 4.79 Å². The largest absolute Gasteiger partial charge is 0.299 e. The van der Waals surface area contributed by atoms with E-state index in [1.807, 2.05) is 61.5 Å².